The highest BCUT2D eigenvalue weighted by Gasteiger charge is 2.12. The number of para-hydroxylation sites is 1. The van der Waals surface area contributed by atoms with Gasteiger partial charge in [-0.15, -0.1) is 0 Å². The fraction of sp³-hybridized carbons (Fsp3) is 0.333. The number of hydrogen-bond acceptors (Lipinski definition) is 2. The van der Waals surface area contributed by atoms with Gasteiger partial charge in [0.15, 0.2) is 0 Å². The van der Waals surface area contributed by atoms with Gasteiger partial charge in [-0.3, -0.25) is 4.79 Å². The van der Waals surface area contributed by atoms with E-state index in [-0.39, 0.29) is 6.42 Å². The second-order valence-corrected chi connectivity index (χ2v) is 4.80. The molecule has 0 amide bonds. The summed E-state index contributed by atoms with van der Waals surface area (Å²) in [5.74, 6) is -0.778. The molecule has 0 aliphatic rings. The van der Waals surface area contributed by atoms with Crippen molar-refractivity contribution in [3.05, 3.63) is 46.8 Å². The van der Waals surface area contributed by atoms with E-state index in [0.29, 0.717) is 6.42 Å². The minimum atomic E-state index is -0.778. The van der Waals surface area contributed by atoms with Crippen molar-refractivity contribution in [3.63, 3.8) is 0 Å². The first-order valence-electron chi connectivity index (χ1n) is 6.32. The van der Waals surface area contributed by atoms with Crippen LogP contribution in [0.4, 0.5) is 0 Å². The molecule has 1 N–H and O–H groups in total. The van der Waals surface area contributed by atoms with Crippen LogP contribution >= 0.6 is 0 Å². The second-order valence-electron chi connectivity index (χ2n) is 4.80. The summed E-state index contributed by atoms with van der Waals surface area (Å²) in [4.78, 5) is 10.6. The molecule has 4 nitrogen and oxygen atoms in total. The van der Waals surface area contributed by atoms with Crippen molar-refractivity contribution >= 4 is 5.97 Å². The molecule has 0 aliphatic heterocycles. The molecule has 1 aromatic heterocycles. The number of aliphatic carboxylic acids is 1. The minimum Gasteiger partial charge on any atom is -0.481 e. The first-order valence-corrected chi connectivity index (χ1v) is 6.32. The van der Waals surface area contributed by atoms with E-state index in [0.717, 1.165) is 28.1 Å². The first-order chi connectivity index (χ1) is 9.00. The standard InChI is InChI=1S/C15H18N2O2/c1-10-5-4-6-11(2)15(10)17-12(3)13(9-16-17)7-8-14(18)19/h4-6,9H,7-8H2,1-3H3,(H,18,19). The summed E-state index contributed by atoms with van der Waals surface area (Å²) in [5.41, 5.74) is 5.41. The maximum Gasteiger partial charge on any atom is 0.303 e. The molecule has 0 radical (unpaired) electrons. The van der Waals surface area contributed by atoms with Crippen LogP contribution in [-0.4, -0.2) is 20.9 Å². The highest BCUT2D eigenvalue weighted by Crippen LogP contribution is 2.21. The molecule has 0 atom stereocenters. The van der Waals surface area contributed by atoms with Crippen molar-refractivity contribution in [1.29, 1.82) is 0 Å². The predicted octanol–water partition coefficient (Wildman–Crippen LogP) is 2.81. The number of aromatic nitrogens is 2. The van der Waals surface area contributed by atoms with Crippen LogP contribution in [0.3, 0.4) is 0 Å². The van der Waals surface area contributed by atoms with Gasteiger partial charge in [-0.25, -0.2) is 4.68 Å². The van der Waals surface area contributed by atoms with Crippen LogP contribution < -0.4 is 0 Å². The molecule has 2 rings (SSSR count). The Bertz CT molecular complexity index is 594. The van der Waals surface area contributed by atoms with E-state index in [1.807, 2.05) is 17.7 Å². The quantitative estimate of drug-likeness (QED) is 0.917. The molecule has 1 aromatic carbocycles. The Hall–Kier alpha value is -2.10. The fourth-order valence-corrected chi connectivity index (χ4v) is 2.30. The van der Waals surface area contributed by atoms with Crippen LogP contribution in [0.15, 0.2) is 24.4 Å². The van der Waals surface area contributed by atoms with Gasteiger partial charge in [0, 0.05) is 12.1 Å². The van der Waals surface area contributed by atoms with E-state index in [4.69, 9.17) is 5.11 Å². The number of aryl methyl sites for hydroxylation is 3. The summed E-state index contributed by atoms with van der Waals surface area (Å²) in [5, 5.41) is 13.2. The molecule has 0 aliphatic carbocycles. The van der Waals surface area contributed by atoms with E-state index in [1.165, 1.54) is 0 Å². The van der Waals surface area contributed by atoms with Crippen molar-refractivity contribution in [2.24, 2.45) is 0 Å². The number of carboxylic acids is 1. The van der Waals surface area contributed by atoms with Gasteiger partial charge in [0.2, 0.25) is 0 Å². The topological polar surface area (TPSA) is 55.1 Å². The largest absolute Gasteiger partial charge is 0.481 e. The van der Waals surface area contributed by atoms with Crippen LogP contribution in [0.25, 0.3) is 5.69 Å². The highest BCUT2D eigenvalue weighted by molar-refractivity contribution is 5.67. The summed E-state index contributed by atoms with van der Waals surface area (Å²) in [6.07, 6.45) is 2.43. The van der Waals surface area contributed by atoms with Crippen LogP contribution in [0, 0.1) is 20.8 Å². The minimum absolute atomic E-state index is 0.138. The monoisotopic (exact) mass is 258 g/mol. The van der Waals surface area contributed by atoms with Crippen molar-refractivity contribution in [1.82, 2.24) is 9.78 Å². The van der Waals surface area contributed by atoms with Crippen LogP contribution in [0.2, 0.25) is 0 Å². The SMILES string of the molecule is Cc1cccc(C)c1-n1ncc(CCC(=O)O)c1C. The number of rotatable bonds is 4. The maximum absolute atomic E-state index is 10.6. The summed E-state index contributed by atoms with van der Waals surface area (Å²) in [6, 6.07) is 6.14. The Morgan fingerprint density at radius 2 is 1.89 bits per heavy atom. The smallest absolute Gasteiger partial charge is 0.303 e. The molecule has 0 unspecified atom stereocenters. The number of benzene rings is 1. The van der Waals surface area contributed by atoms with Gasteiger partial charge in [0.1, 0.15) is 0 Å². The number of carboxylic acid groups (broad SMARTS) is 1. The molecule has 1 heterocycles. The molecular weight excluding hydrogens is 240 g/mol. The molecule has 100 valence electrons. The summed E-state index contributed by atoms with van der Waals surface area (Å²) in [6.45, 7) is 6.09. The van der Waals surface area contributed by atoms with E-state index < -0.39 is 5.97 Å². The van der Waals surface area contributed by atoms with Gasteiger partial charge in [0.05, 0.1) is 11.9 Å². The van der Waals surface area contributed by atoms with Crippen molar-refractivity contribution in [3.8, 4) is 5.69 Å². The predicted molar refractivity (Wildman–Crippen MR) is 73.7 cm³/mol. The average Bonchev–Trinajstić information content (AvgIpc) is 2.68. The molecule has 19 heavy (non-hydrogen) atoms. The lowest BCUT2D eigenvalue weighted by molar-refractivity contribution is -0.136. The van der Waals surface area contributed by atoms with Crippen LogP contribution in [0.5, 0.6) is 0 Å². The second kappa shape index (κ2) is 5.26. The van der Waals surface area contributed by atoms with Gasteiger partial charge in [-0.1, -0.05) is 18.2 Å². The normalized spacial score (nSPS) is 10.7. The van der Waals surface area contributed by atoms with E-state index >= 15 is 0 Å². The number of nitrogens with zero attached hydrogens (tertiary/aromatic N) is 2. The molecular formula is C15H18N2O2. The molecule has 0 saturated heterocycles. The van der Waals surface area contributed by atoms with Crippen molar-refractivity contribution < 1.29 is 9.90 Å². The van der Waals surface area contributed by atoms with Crippen LogP contribution in [-0.2, 0) is 11.2 Å². The molecule has 0 fully saturated rings. The third-order valence-electron chi connectivity index (χ3n) is 3.37. The lowest BCUT2D eigenvalue weighted by Gasteiger charge is -2.12. The summed E-state index contributed by atoms with van der Waals surface area (Å²) < 4.78 is 1.90. The van der Waals surface area contributed by atoms with Gasteiger partial charge < -0.3 is 5.11 Å². The lowest BCUT2D eigenvalue weighted by Crippen LogP contribution is -2.05. The zero-order valence-electron chi connectivity index (χ0n) is 11.5. The van der Waals surface area contributed by atoms with E-state index in [1.54, 1.807) is 6.20 Å². The fourth-order valence-electron chi connectivity index (χ4n) is 2.30. The van der Waals surface area contributed by atoms with Gasteiger partial charge in [-0.2, -0.15) is 5.10 Å². The maximum atomic E-state index is 10.6. The van der Waals surface area contributed by atoms with Crippen molar-refractivity contribution in [2.75, 3.05) is 0 Å². The molecule has 0 spiro atoms. The molecule has 0 bridgehead atoms. The zero-order valence-corrected chi connectivity index (χ0v) is 11.5. The summed E-state index contributed by atoms with van der Waals surface area (Å²) in [7, 11) is 0. The Labute approximate surface area is 112 Å². The summed E-state index contributed by atoms with van der Waals surface area (Å²) >= 11 is 0. The number of hydrogen-bond donors (Lipinski definition) is 1. The average molecular weight is 258 g/mol. The van der Waals surface area contributed by atoms with Crippen molar-refractivity contribution in [2.45, 2.75) is 33.6 Å². The Morgan fingerprint density at radius 3 is 2.47 bits per heavy atom. The third-order valence-corrected chi connectivity index (χ3v) is 3.37. The molecule has 2 aromatic rings. The third kappa shape index (κ3) is 2.67. The zero-order chi connectivity index (χ0) is 14.0. The van der Waals surface area contributed by atoms with Crippen LogP contribution in [0.1, 0.15) is 28.8 Å². The van der Waals surface area contributed by atoms with Gasteiger partial charge >= 0.3 is 5.97 Å². The molecule has 0 saturated carbocycles. The van der Waals surface area contributed by atoms with E-state index in [9.17, 15) is 4.79 Å². The Kier molecular flexibility index (Phi) is 3.69. The highest BCUT2D eigenvalue weighted by atomic mass is 16.4. The van der Waals surface area contributed by atoms with Gasteiger partial charge in [0.25, 0.3) is 0 Å². The first kappa shape index (κ1) is 13.3. The van der Waals surface area contributed by atoms with E-state index in [2.05, 4.69) is 31.1 Å². The Morgan fingerprint density at radius 1 is 1.26 bits per heavy atom. The molecule has 4 heteroatoms. The number of carbonyl (C=O) groups is 1. The van der Waals surface area contributed by atoms with Gasteiger partial charge in [-0.05, 0) is 43.9 Å². The Balaban J connectivity index is 2.39. The lowest BCUT2D eigenvalue weighted by atomic mass is 10.1.